The zero-order chi connectivity index (χ0) is 17.9. The third kappa shape index (κ3) is 4.72. The van der Waals surface area contributed by atoms with Crippen molar-refractivity contribution in [3.05, 3.63) is 33.8 Å². The van der Waals surface area contributed by atoms with Crippen LogP contribution in [-0.4, -0.2) is 42.8 Å². The Labute approximate surface area is 151 Å². The first kappa shape index (κ1) is 18.8. The van der Waals surface area contributed by atoms with Crippen molar-refractivity contribution in [2.45, 2.75) is 45.1 Å². The minimum absolute atomic E-state index is 0.0814. The number of amides is 1. The van der Waals surface area contributed by atoms with Crippen molar-refractivity contribution >= 4 is 28.0 Å². The molecule has 0 radical (unpaired) electrons. The Balaban J connectivity index is 2.22. The van der Waals surface area contributed by atoms with E-state index in [-0.39, 0.29) is 18.0 Å². The number of methoxy groups -OCH3 is 1. The molecular formula is C18H24BrNO4. The zero-order valence-electron chi connectivity index (χ0n) is 14.6. The molecule has 6 heteroatoms. The molecule has 2 rings (SSSR count). The molecule has 24 heavy (non-hydrogen) atoms. The second-order valence-corrected chi connectivity index (χ2v) is 7.90. The number of nitrogens with zero attached hydrogens (tertiary/aromatic N) is 1. The van der Waals surface area contributed by atoms with Crippen LogP contribution in [0.4, 0.5) is 4.79 Å². The summed E-state index contributed by atoms with van der Waals surface area (Å²) in [7, 11) is 1.38. The van der Waals surface area contributed by atoms with Crippen molar-refractivity contribution < 1.29 is 19.1 Å². The largest absolute Gasteiger partial charge is 0.465 e. The van der Waals surface area contributed by atoms with Gasteiger partial charge in [0.05, 0.1) is 12.7 Å². The van der Waals surface area contributed by atoms with Crippen LogP contribution in [0.1, 0.15) is 55.5 Å². The molecule has 0 N–H and O–H groups in total. The molecule has 1 saturated heterocycles. The fraction of sp³-hybridized carbons (Fsp3) is 0.556. The number of hydrogen-bond acceptors (Lipinski definition) is 4. The highest BCUT2D eigenvalue weighted by Crippen LogP contribution is 2.32. The first-order valence-corrected chi connectivity index (χ1v) is 8.86. The van der Waals surface area contributed by atoms with Crippen LogP contribution in [-0.2, 0) is 9.47 Å². The van der Waals surface area contributed by atoms with E-state index in [0.29, 0.717) is 18.7 Å². The van der Waals surface area contributed by atoms with Crippen LogP contribution in [0.15, 0.2) is 22.7 Å². The highest BCUT2D eigenvalue weighted by atomic mass is 79.9. The van der Waals surface area contributed by atoms with E-state index in [1.54, 1.807) is 11.0 Å². The normalized spacial score (nSPS) is 18.2. The van der Waals surface area contributed by atoms with Crippen molar-refractivity contribution in [2.24, 2.45) is 0 Å². The number of carbonyl (C=O) groups excluding carboxylic acids is 2. The number of halogens is 1. The van der Waals surface area contributed by atoms with Crippen LogP contribution >= 0.6 is 15.9 Å². The third-order valence-corrected chi connectivity index (χ3v) is 4.43. The number of benzene rings is 1. The standard InChI is InChI=1S/C18H24BrNO4/c1-18(2,3)24-17(22)20-9-5-6-12(11-20)15-10-13(19)7-8-14(15)16(21)23-4/h7-8,10,12H,5-6,9,11H2,1-4H3/t12-/m1/s1. The topological polar surface area (TPSA) is 55.8 Å². The molecule has 1 amide bonds. The summed E-state index contributed by atoms with van der Waals surface area (Å²) in [6.07, 6.45) is 1.48. The maximum absolute atomic E-state index is 12.3. The van der Waals surface area contributed by atoms with Gasteiger partial charge in [0, 0.05) is 23.5 Å². The zero-order valence-corrected chi connectivity index (χ0v) is 16.2. The second-order valence-electron chi connectivity index (χ2n) is 6.99. The van der Waals surface area contributed by atoms with Gasteiger partial charge < -0.3 is 14.4 Å². The molecule has 1 aromatic rings. The van der Waals surface area contributed by atoms with E-state index in [9.17, 15) is 9.59 Å². The summed E-state index contributed by atoms with van der Waals surface area (Å²) in [5.74, 6) is -0.273. The average molecular weight is 398 g/mol. The quantitative estimate of drug-likeness (QED) is 0.695. The van der Waals surface area contributed by atoms with Gasteiger partial charge in [-0.1, -0.05) is 15.9 Å². The molecule has 1 aliphatic heterocycles. The average Bonchev–Trinajstić information content (AvgIpc) is 2.52. The van der Waals surface area contributed by atoms with Crippen molar-refractivity contribution in [3.63, 3.8) is 0 Å². The molecule has 0 aliphatic carbocycles. The van der Waals surface area contributed by atoms with E-state index in [4.69, 9.17) is 9.47 Å². The number of piperidine rings is 1. The maximum Gasteiger partial charge on any atom is 0.410 e. The maximum atomic E-state index is 12.3. The fourth-order valence-electron chi connectivity index (χ4n) is 2.89. The van der Waals surface area contributed by atoms with Gasteiger partial charge in [0.25, 0.3) is 0 Å². The molecule has 1 atom stereocenters. The van der Waals surface area contributed by atoms with E-state index < -0.39 is 5.60 Å². The van der Waals surface area contributed by atoms with Crippen LogP contribution in [0.25, 0.3) is 0 Å². The lowest BCUT2D eigenvalue weighted by Crippen LogP contribution is -2.42. The van der Waals surface area contributed by atoms with Crippen LogP contribution in [0, 0.1) is 0 Å². The molecule has 1 fully saturated rings. The van der Waals surface area contributed by atoms with E-state index in [1.165, 1.54) is 7.11 Å². The van der Waals surface area contributed by atoms with Crippen LogP contribution in [0.5, 0.6) is 0 Å². The number of hydrogen-bond donors (Lipinski definition) is 0. The molecule has 132 valence electrons. The van der Waals surface area contributed by atoms with E-state index in [1.807, 2.05) is 32.9 Å². The molecular weight excluding hydrogens is 374 g/mol. The van der Waals surface area contributed by atoms with E-state index in [2.05, 4.69) is 15.9 Å². The van der Waals surface area contributed by atoms with Crippen molar-refractivity contribution in [1.82, 2.24) is 4.90 Å². The summed E-state index contributed by atoms with van der Waals surface area (Å²) in [5.41, 5.74) is 0.943. The van der Waals surface area contributed by atoms with Gasteiger partial charge in [0.2, 0.25) is 0 Å². The van der Waals surface area contributed by atoms with Crippen LogP contribution in [0.3, 0.4) is 0 Å². The summed E-state index contributed by atoms with van der Waals surface area (Å²) in [4.78, 5) is 26.1. The lowest BCUT2D eigenvalue weighted by Gasteiger charge is -2.34. The van der Waals surface area contributed by atoms with Gasteiger partial charge >= 0.3 is 12.1 Å². The second kappa shape index (κ2) is 7.55. The van der Waals surface area contributed by atoms with E-state index in [0.717, 1.165) is 22.9 Å². The number of likely N-dealkylation sites (tertiary alicyclic amines) is 1. The highest BCUT2D eigenvalue weighted by molar-refractivity contribution is 9.10. The van der Waals surface area contributed by atoms with Crippen LogP contribution < -0.4 is 0 Å². The molecule has 1 aromatic carbocycles. The van der Waals surface area contributed by atoms with Gasteiger partial charge in [0.15, 0.2) is 0 Å². The minimum atomic E-state index is -0.517. The fourth-order valence-corrected chi connectivity index (χ4v) is 3.27. The molecule has 0 aromatic heterocycles. The summed E-state index contributed by atoms with van der Waals surface area (Å²) >= 11 is 3.46. The SMILES string of the molecule is COC(=O)c1ccc(Br)cc1[C@@H]1CCCN(C(=O)OC(C)(C)C)C1. The van der Waals surface area contributed by atoms with Gasteiger partial charge in [-0.05, 0) is 57.4 Å². The Morgan fingerprint density at radius 3 is 2.62 bits per heavy atom. The molecule has 0 unspecified atom stereocenters. The molecule has 0 saturated carbocycles. The predicted molar refractivity (Wildman–Crippen MR) is 95.3 cm³/mol. The summed E-state index contributed by atoms with van der Waals surface area (Å²) in [6.45, 7) is 6.78. The Morgan fingerprint density at radius 1 is 1.29 bits per heavy atom. The monoisotopic (exact) mass is 397 g/mol. The molecule has 5 nitrogen and oxygen atoms in total. The van der Waals surface area contributed by atoms with Gasteiger partial charge in [-0.3, -0.25) is 0 Å². The number of carbonyl (C=O) groups is 2. The Kier molecular flexibility index (Phi) is 5.91. The molecule has 0 spiro atoms. The number of ether oxygens (including phenoxy) is 2. The Morgan fingerprint density at radius 2 is 2.00 bits per heavy atom. The first-order valence-electron chi connectivity index (χ1n) is 8.07. The Hall–Kier alpha value is -1.56. The van der Waals surface area contributed by atoms with Crippen LogP contribution in [0.2, 0.25) is 0 Å². The van der Waals surface area contributed by atoms with E-state index >= 15 is 0 Å². The van der Waals surface area contributed by atoms with Gasteiger partial charge in [-0.2, -0.15) is 0 Å². The third-order valence-electron chi connectivity index (χ3n) is 3.93. The van der Waals surface area contributed by atoms with Gasteiger partial charge in [-0.15, -0.1) is 0 Å². The number of rotatable bonds is 2. The van der Waals surface area contributed by atoms with Gasteiger partial charge in [0.1, 0.15) is 5.60 Å². The predicted octanol–water partition coefficient (Wildman–Crippen LogP) is 4.35. The lowest BCUT2D eigenvalue weighted by molar-refractivity contribution is 0.0198. The summed E-state index contributed by atoms with van der Waals surface area (Å²) in [6, 6.07) is 5.53. The van der Waals surface area contributed by atoms with Crippen molar-refractivity contribution in [3.8, 4) is 0 Å². The highest BCUT2D eigenvalue weighted by Gasteiger charge is 2.30. The minimum Gasteiger partial charge on any atom is -0.465 e. The Bertz CT molecular complexity index is 624. The summed E-state index contributed by atoms with van der Waals surface area (Å²) in [5, 5.41) is 0. The first-order chi connectivity index (χ1) is 11.2. The molecule has 1 aliphatic rings. The van der Waals surface area contributed by atoms with Gasteiger partial charge in [-0.25, -0.2) is 9.59 Å². The smallest absolute Gasteiger partial charge is 0.410 e. The van der Waals surface area contributed by atoms with Crippen molar-refractivity contribution in [1.29, 1.82) is 0 Å². The summed E-state index contributed by atoms with van der Waals surface area (Å²) < 4.78 is 11.3. The lowest BCUT2D eigenvalue weighted by atomic mass is 9.87. The number of esters is 1. The molecule has 1 heterocycles. The van der Waals surface area contributed by atoms with Crippen molar-refractivity contribution in [2.75, 3.05) is 20.2 Å². The molecule has 0 bridgehead atoms.